The van der Waals surface area contributed by atoms with Crippen molar-refractivity contribution in [1.82, 2.24) is 0 Å². The molecule has 1 saturated carbocycles. The Hall–Kier alpha value is -0.770. The molecule has 1 unspecified atom stereocenters. The van der Waals surface area contributed by atoms with Crippen LogP contribution in [0.3, 0.4) is 0 Å². The molecule has 1 rings (SSSR count). The number of rotatable bonds is 0. The van der Waals surface area contributed by atoms with Crippen molar-refractivity contribution >= 4 is 5.78 Å². The SMILES string of the molecule is C#C.CC1CCCC(=O)C1. The quantitative estimate of drug-likeness (QED) is 0.468. The highest BCUT2D eigenvalue weighted by Crippen LogP contribution is 2.19. The van der Waals surface area contributed by atoms with E-state index in [-0.39, 0.29) is 0 Å². The number of Topliss-reactive ketones (excluding diaryl/α,β-unsaturated/α-hetero) is 1. The van der Waals surface area contributed by atoms with Gasteiger partial charge in [0.05, 0.1) is 0 Å². The molecule has 0 bridgehead atoms. The fourth-order valence-electron chi connectivity index (χ4n) is 1.24. The average molecular weight is 138 g/mol. The van der Waals surface area contributed by atoms with Crippen LogP contribution in [0.25, 0.3) is 0 Å². The molecule has 0 aromatic carbocycles. The van der Waals surface area contributed by atoms with Crippen LogP contribution in [0, 0.1) is 18.8 Å². The van der Waals surface area contributed by atoms with Crippen molar-refractivity contribution in [3.8, 4) is 12.8 Å². The summed E-state index contributed by atoms with van der Waals surface area (Å²) in [7, 11) is 0. The molecular formula is C9H14O. The van der Waals surface area contributed by atoms with Crippen LogP contribution in [-0.4, -0.2) is 5.78 Å². The highest BCUT2D eigenvalue weighted by molar-refractivity contribution is 5.79. The molecule has 0 aromatic rings. The maximum Gasteiger partial charge on any atom is 0.133 e. The molecule has 10 heavy (non-hydrogen) atoms. The summed E-state index contributed by atoms with van der Waals surface area (Å²) in [6.07, 6.45) is 12.1. The van der Waals surface area contributed by atoms with Crippen LogP contribution < -0.4 is 0 Å². The smallest absolute Gasteiger partial charge is 0.133 e. The third kappa shape index (κ3) is 3.29. The van der Waals surface area contributed by atoms with E-state index < -0.39 is 0 Å². The highest BCUT2D eigenvalue weighted by Gasteiger charge is 2.14. The topological polar surface area (TPSA) is 17.1 Å². The minimum atomic E-state index is 0.462. The molecule has 1 aliphatic rings. The predicted molar refractivity (Wildman–Crippen MR) is 42.5 cm³/mol. The molecule has 0 amide bonds. The zero-order valence-electron chi connectivity index (χ0n) is 6.47. The molecule has 0 radical (unpaired) electrons. The third-order valence-electron chi connectivity index (χ3n) is 1.73. The van der Waals surface area contributed by atoms with Gasteiger partial charge in [-0.1, -0.05) is 6.92 Å². The lowest BCUT2D eigenvalue weighted by Gasteiger charge is -2.14. The minimum Gasteiger partial charge on any atom is -0.300 e. The molecule has 56 valence electrons. The maximum absolute atomic E-state index is 10.7. The number of carbonyl (C=O) groups excluding carboxylic acids is 1. The van der Waals surface area contributed by atoms with E-state index in [1.807, 2.05) is 0 Å². The van der Waals surface area contributed by atoms with E-state index in [0.29, 0.717) is 11.7 Å². The van der Waals surface area contributed by atoms with Gasteiger partial charge in [0.15, 0.2) is 0 Å². The Balaban J connectivity index is 0.000000371. The van der Waals surface area contributed by atoms with E-state index in [9.17, 15) is 4.79 Å². The van der Waals surface area contributed by atoms with E-state index in [1.165, 1.54) is 6.42 Å². The first kappa shape index (κ1) is 9.23. The lowest BCUT2D eigenvalue weighted by molar-refractivity contribution is -0.121. The summed E-state index contributed by atoms with van der Waals surface area (Å²) in [6.45, 7) is 2.15. The first-order chi connectivity index (χ1) is 4.79. The third-order valence-corrected chi connectivity index (χ3v) is 1.73. The molecular weight excluding hydrogens is 124 g/mol. The summed E-state index contributed by atoms with van der Waals surface area (Å²) in [6, 6.07) is 0. The van der Waals surface area contributed by atoms with Gasteiger partial charge in [-0.25, -0.2) is 0 Å². The molecule has 1 aliphatic carbocycles. The minimum absolute atomic E-state index is 0.462. The maximum atomic E-state index is 10.7. The molecule has 1 fully saturated rings. The highest BCUT2D eigenvalue weighted by atomic mass is 16.1. The van der Waals surface area contributed by atoms with Crippen molar-refractivity contribution in [3.05, 3.63) is 0 Å². The van der Waals surface area contributed by atoms with Gasteiger partial charge in [0.1, 0.15) is 5.78 Å². The van der Waals surface area contributed by atoms with E-state index in [2.05, 4.69) is 19.8 Å². The van der Waals surface area contributed by atoms with Crippen molar-refractivity contribution < 1.29 is 4.79 Å². The van der Waals surface area contributed by atoms with Gasteiger partial charge in [0, 0.05) is 12.8 Å². The molecule has 0 N–H and O–H groups in total. The molecule has 1 atom stereocenters. The predicted octanol–water partition coefficient (Wildman–Crippen LogP) is 2.01. The van der Waals surface area contributed by atoms with Gasteiger partial charge in [0.2, 0.25) is 0 Å². The largest absolute Gasteiger partial charge is 0.300 e. The van der Waals surface area contributed by atoms with E-state index in [4.69, 9.17) is 0 Å². The zero-order chi connectivity index (χ0) is 7.98. The summed E-state index contributed by atoms with van der Waals surface area (Å²) < 4.78 is 0. The first-order valence-electron chi connectivity index (χ1n) is 3.64. The number of carbonyl (C=O) groups is 1. The molecule has 0 saturated heterocycles. The number of hydrogen-bond donors (Lipinski definition) is 0. The van der Waals surface area contributed by atoms with Crippen molar-refractivity contribution in [2.24, 2.45) is 5.92 Å². The number of terminal acetylenes is 1. The summed E-state index contributed by atoms with van der Waals surface area (Å²) in [5.41, 5.74) is 0. The molecule has 0 spiro atoms. The van der Waals surface area contributed by atoms with E-state index >= 15 is 0 Å². The zero-order valence-corrected chi connectivity index (χ0v) is 6.47. The van der Waals surface area contributed by atoms with Crippen LogP contribution in [0.1, 0.15) is 32.6 Å². The number of hydrogen-bond acceptors (Lipinski definition) is 1. The Kier molecular flexibility index (Phi) is 4.66. The van der Waals surface area contributed by atoms with Crippen LogP contribution in [0.4, 0.5) is 0 Å². The summed E-state index contributed by atoms with van der Waals surface area (Å²) in [5.74, 6) is 1.12. The fraction of sp³-hybridized carbons (Fsp3) is 0.667. The Morgan fingerprint density at radius 1 is 1.50 bits per heavy atom. The molecule has 0 aromatic heterocycles. The molecule has 1 nitrogen and oxygen atoms in total. The monoisotopic (exact) mass is 138 g/mol. The van der Waals surface area contributed by atoms with Gasteiger partial charge < -0.3 is 0 Å². The van der Waals surface area contributed by atoms with Gasteiger partial charge in [-0.15, -0.1) is 12.8 Å². The van der Waals surface area contributed by atoms with Crippen molar-refractivity contribution in [2.75, 3.05) is 0 Å². The van der Waals surface area contributed by atoms with Crippen molar-refractivity contribution in [2.45, 2.75) is 32.6 Å². The molecule has 0 heterocycles. The standard InChI is InChI=1S/C7H12O.C2H2/c1-6-3-2-4-7(8)5-6;1-2/h6H,2-5H2,1H3;1-2H. The first-order valence-corrected chi connectivity index (χ1v) is 3.64. The second kappa shape index (κ2) is 5.05. The molecule has 0 aliphatic heterocycles. The van der Waals surface area contributed by atoms with Crippen LogP contribution in [0.15, 0.2) is 0 Å². The number of ketones is 1. The van der Waals surface area contributed by atoms with E-state index in [0.717, 1.165) is 19.3 Å². The second-order valence-corrected chi connectivity index (χ2v) is 2.74. The second-order valence-electron chi connectivity index (χ2n) is 2.74. The fourth-order valence-corrected chi connectivity index (χ4v) is 1.24. The normalized spacial score (nSPS) is 24.7. The summed E-state index contributed by atoms with van der Waals surface area (Å²) >= 11 is 0. The van der Waals surface area contributed by atoms with Gasteiger partial charge in [-0.3, -0.25) is 4.79 Å². The Morgan fingerprint density at radius 2 is 2.10 bits per heavy atom. The van der Waals surface area contributed by atoms with Gasteiger partial charge >= 0.3 is 0 Å². The lowest BCUT2D eigenvalue weighted by Crippen LogP contribution is -2.11. The van der Waals surface area contributed by atoms with Gasteiger partial charge in [-0.2, -0.15) is 0 Å². The van der Waals surface area contributed by atoms with E-state index in [1.54, 1.807) is 0 Å². The van der Waals surface area contributed by atoms with Crippen LogP contribution in [0.2, 0.25) is 0 Å². The van der Waals surface area contributed by atoms with Gasteiger partial charge in [0.25, 0.3) is 0 Å². The lowest BCUT2D eigenvalue weighted by atomic mass is 9.90. The Morgan fingerprint density at radius 3 is 2.40 bits per heavy atom. The van der Waals surface area contributed by atoms with Crippen LogP contribution >= 0.6 is 0 Å². The Labute approximate surface area is 62.8 Å². The van der Waals surface area contributed by atoms with Crippen LogP contribution in [0.5, 0.6) is 0 Å². The average Bonchev–Trinajstić information content (AvgIpc) is 1.91. The summed E-state index contributed by atoms with van der Waals surface area (Å²) in [5, 5.41) is 0. The van der Waals surface area contributed by atoms with Crippen LogP contribution in [-0.2, 0) is 4.79 Å². The molecule has 1 heteroatoms. The van der Waals surface area contributed by atoms with Crippen molar-refractivity contribution in [1.29, 1.82) is 0 Å². The van der Waals surface area contributed by atoms with Gasteiger partial charge in [-0.05, 0) is 18.8 Å². The Bertz CT molecular complexity index is 124. The summed E-state index contributed by atoms with van der Waals surface area (Å²) in [4.78, 5) is 10.7. The van der Waals surface area contributed by atoms with Crippen molar-refractivity contribution in [3.63, 3.8) is 0 Å².